The Morgan fingerprint density at radius 3 is 2.81 bits per heavy atom. The molecule has 2 N–H and O–H groups in total. The fourth-order valence-electron chi connectivity index (χ4n) is 1.83. The van der Waals surface area contributed by atoms with Crippen LogP contribution in [0.15, 0.2) is 36.4 Å². The van der Waals surface area contributed by atoms with Gasteiger partial charge in [-0.05, 0) is 36.8 Å². The lowest BCUT2D eigenvalue weighted by atomic mass is 10.1. The van der Waals surface area contributed by atoms with Crippen molar-refractivity contribution < 1.29 is 13.9 Å². The van der Waals surface area contributed by atoms with E-state index in [0.717, 1.165) is 6.07 Å². The Hall–Kier alpha value is -2.87. The zero-order valence-corrected chi connectivity index (χ0v) is 11.4. The molecule has 2 aromatic carbocycles. The number of anilines is 1. The van der Waals surface area contributed by atoms with Gasteiger partial charge in [-0.3, -0.25) is 0 Å². The number of nitriles is 1. The second-order valence-electron chi connectivity index (χ2n) is 4.51. The predicted molar refractivity (Wildman–Crippen MR) is 75.8 cm³/mol. The third-order valence-corrected chi connectivity index (χ3v) is 3.14. The highest BCUT2D eigenvalue weighted by Crippen LogP contribution is 2.18. The van der Waals surface area contributed by atoms with Crippen LogP contribution in [0.4, 0.5) is 10.1 Å². The number of ether oxygens (including phenoxy) is 1. The van der Waals surface area contributed by atoms with Crippen molar-refractivity contribution in [2.75, 3.05) is 5.73 Å². The molecule has 0 bridgehead atoms. The van der Waals surface area contributed by atoms with Crippen LogP contribution < -0.4 is 5.73 Å². The maximum Gasteiger partial charge on any atom is 0.338 e. The van der Waals surface area contributed by atoms with E-state index in [4.69, 9.17) is 15.7 Å². The summed E-state index contributed by atoms with van der Waals surface area (Å²) < 4.78 is 18.8. The molecule has 21 heavy (non-hydrogen) atoms. The molecule has 2 rings (SSSR count). The number of hydrogen-bond acceptors (Lipinski definition) is 4. The number of nitrogens with zero attached hydrogens (tertiary/aromatic N) is 1. The van der Waals surface area contributed by atoms with Crippen LogP contribution in [0.1, 0.15) is 27.0 Å². The van der Waals surface area contributed by atoms with Gasteiger partial charge in [0.15, 0.2) is 0 Å². The standard InChI is InChI=1S/C16H13FN2O2/c1-10-13(3-2-4-15(10)19)16(20)21-9-12-6-5-11(8-18)7-14(12)17/h2-7H,9,19H2,1H3. The molecule has 0 radical (unpaired) electrons. The summed E-state index contributed by atoms with van der Waals surface area (Å²) in [5.74, 6) is -1.14. The second-order valence-corrected chi connectivity index (χ2v) is 4.51. The number of rotatable bonds is 3. The van der Waals surface area contributed by atoms with Gasteiger partial charge in [0.05, 0.1) is 17.2 Å². The summed E-state index contributed by atoms with van der Waals surface area (Å²) in [6, 6.07) is 10.8. The lowest BCUT2D eigenvalue weighted by Crippen LogP contribution is -2.09. The molecule has 0 atom stereocenters. The monoisotopic (exact) mass is 284 g/mol. The number of halogens is 1. The van der Waals surface area contributed by atoms with Crippen LogP contribution in [0.3, 0.4) is 0 Å². The maximum absolute atomic E-state index is 13.7. The first-order valence-corrected chi connectivity index (χ1v) is 6.23. The van der Waals surface area contributed by atoms with E-state index in [9.17, 15) is 9.18 Å². The molecule has 4 nitrogen and oxygen atoms in total. The maximum atomic E-state index is 13.7. The summed E-state index contributed by atoms with van der Waals surface area (Å²) in [6.07, 6.45) is 0. The van der Waals surface area contributed by atoms with Crippen LogP contribution in [0.25, 0.3) is 0 Å². The van der Waals surface area contributed by atoms with Crippen LogP contribution in [0.5, 0.6) is 0 Å². The van der Waals surface area contributed by atoms with E-state index in [2.05, 4.69) is 0 Å². The summed E-state index contributed by atoms with van der Waals surface area (Å²) in [5.41, 5.74) is 7.63. The van der Waals surface area contributed by atoms with Crippen molar-refractivity contribution in [1.29, 1.82) is 5.26 Å². The van der Waals surface area contributed by atoms with Crippen molar-refractivity contribution in [2.24, 2.45) is 0 Å². The topological polar surface area (TPSA) is 76.1 Å². The highest BCUT2D eigenvalue weighted by molar-refractivity contribution is 5.92. The quantitative estimate of drug-likeness (QED) is 0.694. The molecule has 0 saturated heterocycles. The van der Waals surface area contributed by atoms with Crippen molar-refractivity contribution in [1.82, 2.24) is 0 Å². The number of carbonyl (C=O) groups excluding carboxylic acids is 1. The van der Waals surface area contributed by atoms with Crippen LogP contribution in [-0.2, 0) is 11.3 Å². The zero-order valence-electron chi connectivity index (χ0n) is 11.4. The zero-order chi connectivity index (χ0) is 15.4. The van der Waals surface area contributed by atoms with Gasteiger partial charge in [-0.1, -0.05) is 12.1 Å². The summed E-state index contributed by atoms with van der Waals surface area (Å²) in [7, 11) is 0. The van der Waals surface area contributed by atoms with Crippen molar-refractivity contribution in [3.8, 4) is 6.07 Å². The van der Waals surface area contributed by atoms with Gasteiger partial charge >= 0.3 is 5.97 Å². The third kappa shape index (κ3) is 3.18. The first-order valence-electron chi connectivity index (χ1n) is 6.23. The molecule has 0 aliphatic carbocycles. The van der Waals surface area contributed by atoms with E-state index in [1.54, 1.807) is 25.1 Å². The van der Waals surface area contributed by atoms with Crippen molar-refractivity contribution >= 4 is 11.7 Å². The van der Waals surface area contributed by atoms with Crippen LogP contribution in [0.2, 0.25) is 0 Å². The number of benzene rings is 2. The van der Waals surface area contributed by atoms with Crippen molar-refractivity contribution in [2.45, 2.75) is 13.5 Å². The molecule has 0 aliphatic rings. The summed E-state index contributed by atoms with van der Waals surface area (Å²) >= 11 is 0. The van der Waals surface area contributed by atoms with E-state index in [-0.39, 0.29) is 17.7 Å². The molecule has 0 amide bonds. The molecule has 0 heterocycles. The van der Waals surface area contributed by atoms with E-state index >= 15 is 0 Å². The van der Waals surface area contributed by atoms with E-state index in [1.807, 2.05) is 6.07 Å². The average Bonchev–Trinajstić information content (AvgIpc) is 2.48. The van der Waals surface area contributed by atoms with Gasteiger partial charge in [-0.2, -0.15) is 5.26 Å². The molecule has 106 valence electrons. The Morgan fingerprint density at radius 2 is 2.14 bits per heavy atom. The summed E-state index contributed by atoms with van der Waals surface area (Å²) in [6.45, 7) is 1.51. The van der Waals surface area contributed by atoms with Gasteiger partial charge < -0.3 is 10.5 Å². The molecular formula is C16H13FN2O2. The normalized spacial score (nSPS) is 9.95. The fourth-order valence-corrected chi connectivity index (χ4v) is 1.83. The largest absolute Gasteiger partial charge is 0.457 e. The van der Waals surface area contributed by atoms with Crippen LogP contribution >= 0.6 is 0 Å². The number of esters is 1. The van der Waals surface area contributed by atoms with Crippen LogP contribution in [-0.4, -0.2) is 5.97 Å². The molecule has 0 fully saturated rings. The second kappa shape index (κ2) is 6.06. The lowest BCUT2D eigenvalue weighted by Gasteiger charge is -2.09. The number of carbonyl (C=O) groups is 1. The lowest BCUT2D eigenvalue weighted by molar-refractivity contribution is 0.0468. The first kappa shape index (κ1) is 14.5. The smallest absolute Gasteiger partial charge is 0.338 e. The van der Waals surface area contributed by atoms with Gasteiger partial charge in [-0.15, -0.1) is 0 Å². The predicted octanol–water partition coefficient (Wildman–Crippen LogP) is 2.95. The molecule has 0 aliphatic heterocycles. The Morgan fingerprint density at radius 1 is 1.38 bits per heavy atom. The molecule has 0 aromatic heterocycles. The fraction of sp³-hybridized carbons (Fsp3) is 0.125. The molecule has 0 unspecified atom stereocenters. The van der Waals surface area contributed by atoms with E-state index < -0.39 is 11.8 Å². The Balaban J connectivity index is 2.11. The molecule has 0 spiro atoms. The Labute approximate surface area is 121 Å². The Bertz CT molecular complexity index is 736. The minimum Gasteiger partial charge on any atom is -0.457 e. The minimum absolute atomic E-state index is 0.204. The summed E-state index contributed by atoms with van der Waals surface area (Å²) in [5, 5.41) is 8.66. The van der Waals surface area contributed by atoms with E-state index in [1.165, 1.54) is 12.1 Å². The van der Waals surface area contributed by atoms with Gasteiger partial charge in [-0.25, -0.2) is 9.18 Å². The average molecular weight is 284 g/mol. The van der Waals surface area contributed by atoms with Gasteiger partial charge in [0, 0.05) is 11.3 Å². The van der Waals surface area contributed by atoms with Gasteiger partial charge in [0.2, 0.25) is 0 Å². The number of nitrogen functional groups attached to an aromatic ring is 1. The van der Waals surface area contributed by atoms with Gasteiger partial charge in [0.1, 0.15) is 12.4 Å². The van der Waals surface area contributed by atoms with Gasteiger partial charge in [0.25, 0.3) is 0 Å². The minimum atomic E-state index is -0.578. The highest BCUT2D eigenvalue weighted by Gasteiger charge is 2.13. The number of nitrogens with two attached hydrogens (primary N) is 1. The highest BCUT2D eigenvalue weighted by atomic mass is 19.1. The van der Waals surface area contributed by atoms with Crippen molar-refractivity contribution in [3.63, 3.8) is 0 Å². The molecule has 2 aromatic rings. The number of hydrogen-bond donors (Lipinski definition) is 1. The molecule has 0 saturated carbocycles. The molecule has 5 heteroatoms. The Kier molecular flexibility index (Phi) is 4.19. The van der Waals surface area contributed by atoms with Crippen molar-refractivity contribution in [3.05, 3.63) is 64.5 Å². The SMILES string of the molecule is Cc1c(N)cccc1C(=O)OCc1ccc(C#N)cc1F. The van der Waals surface area contributed by atoms with E-state index in [0.29, 0.717) is 16.8 Å². The summed E-state index contributed by atoms with van der Waals surface area (Å²) in [4.78, 5) is 12.0. The first-order chi connectivity index (χ1) is 10.0. The van der Waals surface area contributed by atoms with Crippen LogP contribution in [0, 0.1) is 24.1 Å². The third-order valence-electron chi connectivity index (χ3n) is 3.14. The molecular weight excluding hydrogens is 271 g/mol.